The highest BCUT2D eigenvalue weighted by Gasteiger charge is 2.35. The van der Waals surface area contributed by atoms with Gasteiger partial charge in [0.15, 0.2) is 0 Å². The van der Waals surface area contributed by atoms with Gasteiger partial charge in [-0.25, -0.2) is 17.5 Å². The average Bonchev–Trinajstić information content (AvgIpc) is 2.69. The van der Waals surface area contributed by atoms with Crippen molar-refractivity contribution >= 4 is 10.0 Å². The van der Waals surface area contributed by atoms with Crippen molar-refractivity contribution in [1.82, 2.24) is 4.72 Å². The van der Waals surface area contributed by atoms with Gasteiger partial charge in [0.05, 0.1) is 12.9 Å². The highest BCUT2D eigenvalue weighted by Crippen LogP contribution is 2.35. The summed E-state index contributed by atoms with van der Waals surface area (Å²) in [5.41, 5.74) is 0.850. The number of halogens is 1. The fourth-order valence-electron chi connectivity index (χ4n) is 3.39. The summed E-state index contributed by atoms with van der Waals surface area (Å²) < 4.78 is 52.3. The predicted octanol–water partition coefficient (Wildman–Crippen LogP) is 3.00. The Morgan fingerprint density at radius 3 is 2.41 bits per heavy atom. The van der Waals surface area contributed by atoms with Crippen LogP contribution in [0.1, 0.15) is 24.0 Å². The molecule has 0 unspecified atom stereocenters. The number of benzene rings is 2. The van der Waals surface area contributed by atoms with E-state index in [1.54, 1.807) is 19.2 Å². The Kier molecular flexibility index (Phi) is 6.14. The van der Waals surface area contributed by atoms with Gasteiger partial charge >= 0.3 is 0 Å². The second kappa shape index (κ2) is 8.37. The molecule has 1 N–H and O–H groups in total. The SMILES string of the molecule is COc1ccc(C2(CNS(=O)(=O)Cc3ccccc3F)CCOCC2)cc1. The van der Waals surface area contributed by atoms with Crippen LogP contribution in [0.2, 0.25) is 0 Å². The quantitative estimate of drug-likeness (QED) is 0.785. The highest BCUT2D eigenvalue weighted by molar-refractivity contribution is 7.88. The molecule has 0 aliphatic carbocycles. The standard InChI is InChI=1S/C20H24FNO4S/c1-25-18-8-6-17(7-9-18)20(10-12-26-13-11-20)15-22-27(23,24)14-16-4-2-3-5-19(16)21/h2-9,22H,10-15H2,1H3. The Morgan fingerprint density at radius 2 is 1.78 bits per heavy atom. The van der Waals surface area contributed by atoms with Crippen molar-refractivity contribution in [2.24, 2.45) is 0 Å². The van der Waals surface area contributed by atoms with Crippen molar-refractivity contribution < 1.29 is 22.3 Å². The number of ether oxygens (including phenoxy) is 2. The molecule has 2 aromatic carbocycles. The molecule has 1 saturated heterocycles. The number of methoxy groups -OCH3 is 1. The van der Waals surface area contributed by atoms with Crippen molar-refractivity contribution in [3.8, 4) is 5.75 Å². The van der Waals surface area contributed by atoms with Crippen molar-refractivity contribution in [2.75, 3.05) is 26.9 Å². The number of nitrogens with one attached hydrogen (secondary N) is 1. The lowest BCUT2D eigenvalue weighted by atomic mass is 9.74. The summed E-state index contributed by atoms with van der Waals surface area (Å²) >= 11 is 0. The van der Waals surface area contributed by atoms with E-state index in [9.17, 15) is 12.8 Å². The Hall–Kier alpha value is -1.96. The lowest BCUT2D eigenvalue weighted by Gasteiger charge is -2.38. The van der Waals surface area contributed by atoms with Crippen LogP contribution in [-0.2, 0) is 25.9 Å². The van der Waals surface area contributed by atoms with E-state index in [0.717, 1.165) is 11.3 Å². The maximum absolute atomic E-state index is 13.8. The van der Waals surface area contributed by atoms with E-state index in [4.69, 9.17) is 9.47 Å². The highest BCUT2D eigenvalue weighted by atomic mass is 32.2. The number of hydrogen-bond acceptors (Lipinski definition) is 4. The second-order valence-corrected chi connectivity index (χ2v) is 8.60. The third kappa shape index (κ3) is 4.86. The molecule has 0 bridgehead atoms. The summed E-state index contributed by atoms with van der Waals surface area (Å²) in [6, 6.07) is 13.6. The van der Waals surface area contributed by atoms with Crippen LogP contribution in [-0.4, -0.2) is 35.3 Å². The zero-order valence-electron chi connectivity index (χ0n) is 15.3. The zero-order valence-corrected chi connectivity index (χ0v) is 16.1. The first-order chi connectivity index (χ1) is 12.9. The third-order valence-corrected chi connectivity index (χ3v) is 6.36. The maximum atomic E-state index is 13.8. The average molecular weight is 393 g/mol. The minimum atomic E-state index is -3.67. The maximum Gasteiger partial charge on any atom is 0.215 e. The van der Waals surface area contributed by atoms with Gasteiger partial charge in [0, 0.05) is 30.7 Å². The molecule has 0 amide bonds. The smallest absolute Gasteiger partial charge is 0.215 e. The van der Waals surface area contributed by atoms with E-state index in [0.29, 0.717) is 26.1 Å². The van der Waals surface area contributed by atoms with Crippen LogP contribution >= 0.6 is 0 Å². The van der Waals surface area contributed by atoms with Crippen LogP contribution < -0.4 is 9.46 Å². The van der Waals surface area contributed by atoms with E-state index in [1.165, 1.54) is 12.1 Å². The minimum Gasteiger partial charge on any atom is -0.497 e. The zero-order chi connectivity index (χ0) is 19.3. The summed E-state index contributed by atoms with van der Waals surface area (Å²) in [7, 11) is -2.06. The third-order valence-electron chi connectivity index (χ3n) is 5.09. The van der Waals surface area contributed by atoms with Crippen LogP contribution in [0.25, 0.3) is 0 Å². The van der Waals surface area contributed by atoms with Gasteiger partial charge in [-0.2, -0.15) is 0 Å². The van der Waals surface area contributed by atoms with Gasteiger partial charge < -0.3 is 9.47 Å². The summed E-state index contributed by atoms with van der Waals surface area (Å²) in [4.78, 5) is 0. The Balaban J connectivity index is 1.77. The van der Waals surface area contributed by atoms with Crippen LogP contribution in [0.15, 0.2) is 48.5 Å². The molecule has 27 heavy (non-hydrogen) atoms. The molecule has 2 aromatic rings. The molecule has 0 atom stereocenters. The Morgan fingerprint density at radius 1 is 1.11 bits per heavy atom. The lowest BCUT2D eigenvalue weighted by molar-refractivity contribution is 0.0517. The molecule has 146 valence electrons. The topological polar surface area (TPSA) is 64.6 Å². The van der Waals surface area contributed by atoms with E-state index in [2.05, 4.69) is 4.72 Å². The van der Waals surface area contributed by atoms with Crippen LogP contribution in [0.4, 0.5) is 4.39 Å². The van der Waals surface area contributed by atoms with Gasteiger partial charge in [-0.05, 0) is 36.6 Å². The molecule has 0 saturated carbocycles. The van der Waals surface area contributed by atoms with Gasteiger partial charge in [-0.3, -0.25) is 0 Å². The molecule has 0 radical (unpaired) electrons. The molecule has 5 nitrogen and oxygen atoms in total. The Bertz CT molecular complexity index is 862. The molecular weight excluding hydrogens is 369 g/mol. The molecule has 1 fully saturated rings. The number of sulfonamides is 1. The van der Waals surface area contributed by atoms with E-state index >= 15 is 0 Å². The van der Waals surface area contributed by atoms with Gasteiger partial charge in [-0.15, -0.1) is 0 Å². The molecule has 1 aliphatic heterocycles. The van der Waals surface area contributed by atoms with Crippen LogP contribution in [0.3, 0.4) is 0 Å². The van der Waals surface area contributed by atoms with Crippen molar-refractivity contribution in [1.29, 1.82) is 0 Å². The molecule has 0 aromatic heterocycles. The molecule has 1 aliphatic rings. The number of rotatable bonds is 7. The van der Waals surface area contributed by atoms with E-state index in [1.807, 2.05) is 24.3 Å². The first-order valence-corrected chi connectivity index (χ1v) is 10.5. The first-order valence-electron chi connectivity index (χ1n) is 8.87. The van der Waals surface area contributed by atoms with Gasteiger partial charge in [0.1, 0.15) is 11.6 Å². The molecule has 1 heterocycles. The fourth-order valence-corrected chi connectivity index (χ4v) is 4.64. The largest absolute Gasteiger partial charge is 0.497 e. The first kappa shape index (κ1) is 19.8. The molecule has 3 rings (SSSR count). The lowest BCUT2D eigenvalue weighted by Crippen LogP contribution is -2.44. The minimum absolute atomic E-state index is 0.162. The van der Waals surface area contributed by atoms with Gasteiger partial charge in [0.25, 0.3) is 0 Å². The van der Waals surface area contributed by atoms with E-state index < -0.39 is 15.8 Å². The normalized spacial score (nSPS) is 16.8. The summed E-state index contributed by atoms with van der Waals surface area (Å²) in [5.74, 6) is -0.144. The van der Waals surface area contributed by atoms with Crippen LogP contribution in [0, 0.1) is 5.82 Å². The monoisotopic (exact) mass is 393 g/mol. The predicted molar refractivity (Wildman–Crippen MR) is 102 cm³/mol. The van der Waals surface area contributed by atoms with Crippen molar-refractivity contribution in [2.45, 2.75) is 24.0 Å². The second-order valence-electron chi connectivity index (χ2n) is 6.79. The molecular formula is C20H24FNO4S. The summed E-state index contributed by atoms with van der Waals surface area (Å²) in [5, 5.41) is 0. The summed E-state index contributed by atoms with van der Waals surface area (Å²) in [6.07, 6.45) is 1.42. The Labute approximate surface area is 159 Å². The van der Waals surface area contributed by atoms with Crippen molar-refractivity contribution in [3.05, 3.63) is 65.5 Å². The fraction of sp³-hybridized carbons (Fsp3) is 0.400. The van der Waals surface area contributed by atoms with Gasteiger partial charge in [-0.1, -0.05) is 30.3 Å². The van der Waals surface area contributed by atoms with Crippen LogP contribution in [0.5, 0.6) is 5.75 Å². The van der Waals surface area contributed by atoms with Crippen molar-refractivity contribution in [3.63, 3.8) is 0 Å². The van der Waals surface area contributed by atoms with E-state index in [-0.39, 0.29) is 23.3 Å². The van der Waals surface area contributed by atoms with Gasteiger partial charge in [0.2, 0.25) is 10.0 Å². The molecule has 7 heteroatoms. The number of hydrogen-bond donors (Lipinski definition) is 1. The molecule has 0 spiro atoms. The summed E-state index contributed by atoms with van der Waals surface area (Å²) in [6.45, 7) is 1.39.